The molecular formula is C20H30O. The minimum atomic E-state index is 0.328. The van der Waals surface area contributed by atoms with Crippen molar-refractivity contribution in [3.8, 4) is 0 Å². The molecule has 1 saturated carbocycles. The molecule has 1 heteroatoms. The zero-order valence-electron chi connectivity index (χ0n) is 14.2. The van der Waals surface area contributed by atoms with Gasteiger partial charge in [0.1, 0.15) is 6.29 Å². The van der Waals surface area contributed by atoms with Crippen LogP contribution in [0.2, 0.25) is 0 Å². The lowest BCUT2D eigenvalue weighted by Crippen LogP contribution is -2.41. The Morgan fingerprint density at radius 2 is 1.95 bits per heavy atom. The summed E-state index contributed by atoms with van der Waals surface area (Å²) in [6, 6.07) is 0. The predicted molar refractivity (Wildman–Crippen MR) is 88.0 cm³/mol. The van der Waals surface area contributed by atoms with Gasteiger partial charge in [0.2, 0.25) is 0 Å². The summed E-state index contributed by atoms with van der Waals surface area (Å²) in [7, 11) is 0. The van der Waals surface area contributed by atoms with Gasteiger partial charge in [-0.3, -0.25) is 4.79 Å². The third kappa shape index (κ3) is 2.33. The molecule has 3 atom stereocenters. The van der Waals surface area contributed by atoms with Crippen LogP contribution in [-0.2, 0) is 4.79 Å². The number of hydrogen-bond donors (Lipinski definition) is 0. The van der Waals surface area contributed by atoms with Gasteiger partial charge >= 0.3 is 0 Å². The van der Waals surface area contributed by atoms with Crippen LogP contribution in [0.15, 0.2) is 22.8 Å². The Kier molecular flexibility index (Phi) is 3.66. The van der Waals surface area contributed by atoms with E-state index in [-0.39, 0.29) is 0 Å². The first kappa shape index (κ1) is 15.1. The number of rotatable bonds is 1. The zero-order chi connectivity index (χ0) is 15.3. The summed E-state index contributed by atoms with van der Waals surface area (Å²) in [5, 5.41) is 0. The van der Waals surface area contributed by atoms with Crippen molar-refractivity contribution < 1.29 is 4.79 Å². The molecule has 0 N–H and O–H groups in total. The Bertz CT molecular complexity index is 508. The molecule has 1 fully saturated rings. The summed E-state index contributed by atoms with van der Waals surface area (Å²) in [6.07, 6.45) is 12.0. The first-order valence-corrected chi connectivity index (χ1v) is 8.73. The normalized spacial score (nSPS) is 39.0. The number of allylic oxidation sites excluding steroid dienone is 4. The van der Waals surface area contributed by atoms with Crippen LogP contribution in [0, 0.1) is 22.7 Å². The summed E-state index contributed by atoms with van der Waals surface area (Å²) in [6.45, 7) is 9.70. The van der Waals surface area contributed by atoms with E-state index in [2.05, 4.69) is 33.8 Å². The van der Waals surface area contributed by atoms with Crippen LogP contribution in [0.5, 0.6) is 0 Å². The van der Waals surface area contributed by atoms with E-state index < -0.39 is 0 Å². The van der Waals surface area contributed by atoms with E-state index in [4.69, 9.17) is 0 Å². The van der Waals surface area contributed by atoms with E-state index >= 15 is 0 Å². The lowest BCUT2D eigenvalue weighted by molar-refractivity contribution is -0.106. The molecule has 1 nitrogen and oxygen atoms in total. The summed E-state index contributed by atoms with van der Waals surface area (Å²) >= 11 is 0. The van der Waals surface area contributed by atoms with Gasteiger partial charge in [-0.25, -0.2) is 0 Å². The Morgan fingerprint density at radius 3 is 2.67 bits per heavy atom. The number of hydrogen-bond acceptors (Lipinski definition) is 1. The minimum absolute atomic E-state index is 0.328. The molecule has 0 unspecified atom stereocenters. The number of carbonyl (C=O) groups is 1. The van der Waals surface area contributed by atoms with Gasteiger partial charge in [0.25, 0.3) is 0 Å². The van der Waals surface area contributed by atoms with Crippen molar-refractivity contribution in [2.75, 3.05) is 0 Å². The Balaban J connectivity index is 2.02. The third-order valence-electron chi connectivity index (χ3n) is 7.12. The maximum Gasteiger partial charge on any atom is 0.146 e. The molecule has 3 aliphatic carbocycles. The van der Waals surface area contributed by atoms with Crippen LogP contribution in [0.1, 0.15) is 72.6 Å². The Labute approximate surface area is 129 Å². The smallest absolute Gasteiger partial charge is 0.146 e. The van der Waals surface area contributed by atoms with Crippen LogP contribution < -0.4 is 0 Å². The van der Waals surface area contributed by atoms with Crippen molar-refractivity contribution in [2.24, 2.45) is 22.7 Å². The highest BCUT2D eigenvalue weighted by Gasteiger charge is 2.46. The summed E-state index contributed by atoms with van der Waals surface area (Å²) < 4.78 is 0. The van der Waals surface area contributed by atoms with Crippen LogP contribution in [0.4, 0.5) is 0 Å². The van der Waals surface area contributed by atoms with Crippen LogP contribution in [0.3, 0.4) is 0 Å². The van der Waals surface area contributed by atoms with E-state index in [1.165, 1.54) is 38.5 Å². The number of fused-ring (bicyclic) bond motifs is 3. The highest BCUT2D eigenvalue weighted by atomic mass is 16.1. The molecule has 116 valence electrons. The number of aldehydes is 1. The SMILES string of the molecule is CC1=C2CC[C@]3(C)CCC=C(C=O)[C@H]3C[C@H](CC1)C2(C)C. The van der Waals surface area contributed by atoms with Gasteiger partial charge in [-0.2, -0.15) is 0 Å². The Hall–Kier alpha value is -0.850. The van der Waals surface area contributed by atoms with E-state index in [0.717, 1.165) is 24.2 Å². The fourth-order valence-corrected chi connectivity index (χ4v) is 5.48. The van der Waals surface area contributed by atoms with E-state index in [1.807, 2.05) is 0 Å². The fourth-order valence-electron chi connectivity index (χ4n) is 5.48. The first-order chi connectivity index (χ1) is 9.88. The third-order valence-corrected chi connectivity index (χ3v) is 7.12. The van der Waals surface area contributed by atoms with E-state index in [1.54, 1.807) is 11.1 Å². The van der Waals surface area contributed by atoms with E-state index in [9.17, 15) is 4.79 Å². The second-order valence-electron chi connectivity index (χ2n) is 8.52. The van der Waals surface area contributed by atoms with Crippen LogP contribution in [-0.4, -0.2) is 6.29 Å². The van der Waals surface area contributed by atoms with Crippen LogP contribution in [0.25, 0.3) is 0 Å². The van der Waals surface area contributed by atoms with Gasteiger partial charge in [0, 0.05) is 0 Å². The van der Waals surface area contributed by atoms with Crippen molar-refractivity contribution in [3.63, 3.8) is 0 Å². The molecule has 3 rings (SSSR count). The van der Waals surface area contributed by atoms with Gasteiger partial charge in [0.05, 0.1) is 0 Å². The maximum atomic E-state index is 11.6. The molecule has 0 aromatic carbocycles. The van der Waals surface area contributed by atoms with Crippen molar-refractivity contribution in [1.82, 2.24) is 0 Å². The van der Waals surface area contributed by atoms with Crippen LogP contribution >= 0.6 is 0 Å². The van der Waals surface area contributed by atoms with Gasteiger partial charge in [0.15, 0.2) is 0 Å². The molecule has 21 heavy (non-hydrogen) atoms. The molecule has 0 heterocycles. The van der Waals surface area contributed by atoms with Crippen molar-refractivity contribution in [3.05, 3.63) is 22.8 Å². The van der Waals surface area contributed by atoms with Crippen molar-refractivity contribution in [2.45, 2.75) is 72.6 Å². The molecule has 3 aliphatic rings. The molecule has 0 amide bonds. The molecule has 0 saturated heterocycles. The monoisotopic (exact) mass is 286 g/mol. The van der Waals surface area contributed by atoms with Gasteiger partial charge in [-0.15, -0.1) is 0 Å². The minimum Gasteiger partial charge on any atom is -0.298 e. The van der Waals surface area contributed by atoms with Gasteiger partial charge in [-0.05, 0) is 80.1 Å². The molecule has 0 spiro atoms. The highest BCUT2D eigenvalue weighted by Crippen LogP contribution is 2.57. The second kappa shape index (κ2) is 5.11. The first-order valence-electron chi connectivity index (χ1n) is 8.73. The van der Waals surface area contributed by atoms with Gasteiger partial charge < -0.3 is 0 Å². The van der Waals surface area contributed by atoms with Gasteiger partial charge in [-0.1, -0.05) is 38.0 Å². The van der Waals surface area contributed by atoms with Crippen molar-refractivity contribution >= 4 is 6.29 Å². The highest BCUT2D eigenvalue weighted by molar-refractivity contribution is 5.74. The molecule has 0 aromatic heterocycles. The predicted octanol–water partition coefficient (Wildman–Crippen LogP) is 5.46. The summed E-state index contributed by atoms with van der Waals surface area (Å²) in [5.74, 6) is 1.23. The standard InChI is InChI=1S/C20H30O/c1-14-7-8-16-12-18-15(13-21)6-5-10-20(18,4)11-9-17(14)19(16,2)3/h6,13,16,18H,5,7-12H2,1-4H3/t16-,18+,20-/m0/s1. The lowest BCUT2D eigenvalue weighted by Gasteiger charge is -2.51. The summed E-state index contributed by atoms with van der Waals surface area (Å²) in [5.41, 5.74) is 5.16. The molecule has 0 aromatic rings. The molecular weight excluding hydrogens is 256 g/mol. The lowest BCUT2D eigenvalue weighted by atomic mass is 9.53. The zero-order valence-corrected chi connectivity index (χ0v) is 14.2. The quantitative estimate of drug-likeness (QED) is 0.462. The maximum absolute atomic E-state index is 11.6. The average molecular weight is 286 g/mol. The van der Waals surface area contributed by atoms with E-state index in [0.29, 0.717) is 16.7 Å². The largest absolute Gasteiger partial charge is 0.298 e. The Morgan fingerprint density at radius 1 is 1.19 bits per heavy atom. The average Bonchev–Trinajstić information content (AvgIpc) is 2.42. The topological polar surface area (TPSA) is 17.1 Å². The van der Waals surface area contributed by atoms with Crippen molar-refractivity contribution in [1.29, 1.82) is 0 Å². The summed E-state index contributed by atoms with van der Waals surface area (Å²) in [4.78, 5) is 11.6. The fraction of sp³-hybridized carbons (Fsp3) is 0.750. The number of carbonyl (C=O) groups excluding carboxylic acids is 1. The molecule has 0 aliphatic heterocycles. The second-order valence-corrected chi connectivity index (χ2v) is 8.52. The molecule has 0 radical (unpaired) electrons. The molecule has 2 bridgehead atoms.